The van der Waals surface area contributed by atoms with Crippen LogP contribution in [-0.4, -0.2) is 24.1 Å². The fourth-order valence-corrected chi connectivity index (χ4v) is 2.40. The highest BCUT2D eigenvalue weighted by Gasteiger charge is 2.30. The molecule has 5 heteroatoms. The van der Waals surface area contributed by atoms with Crippen molar-refractivity contribution in [3.8, 4) is 0 Å². The molecule has 0 unspecified atom stereocenters. The number of hydrogen-bond acceptors (Lipinski definition) is 4. The Labute approximate surface area is 109 Å². The molecule has 0 aromatic carbocycles. The van der Waals surface area contributed by atoms with Crippen LogP contribution in [0.25, 0.3) is 0 Å². The van der Waals surface area contributed by atoms with E-state index in [1.807, 2.05) is 12.1 Å². The number of anilines is 1. The van der Waals surface area contributed by atoms with Gasteiger partial charge in [-0.3, -0.25) is 4.79 Å². The van der Waals surface area contributed by atoms with Gasteiger partial charge in [0.15, 0.2) is 0 Å². The summed E-state index contributed by atoms with van der Waals surface area (Å²) < 4.78 is 5.72. The predicted octanol–water partition coefficient (Wildman–Crippen LogP) is 2.60. The Morgan fingerprint density at radius 1 is 1.53 bits per heavy atom. The normalized spacial score (nSPS) is 23.4. The minimum Gasteiger partial charge on any atom is -0.469 e. The van der Waals surface area contributed by atoms with Crippen LogP contribution >= 0.6 is 15.9 Å². The zero-order valence-corrected chi connectivity index (χ0v) is 11.2. The van der Waals surface area contributed by atoms with Gasteiger partial charge in [0.05, 0.1) is 13.0 Å². The lowest BCUT2D eigenvalue weighted by Gasteiger charge is -2.13. The van der Waals surface area contributed by atoms with E-state index in [9.17, 15) is 4.79 Å². The van der Waals surface area contributed by atoms with Crippen molar-refractivity contribution in [1.82, 2.24) is 4.98 Å². The van der Waals surface area contributed by atoms with Gasteiger partial charge in [0, 0.05) is 16.7 Å². The Bertz CT molecular complexity index is 394. The molecule has 17 heavy (non-hydrogen) atoms. The molecular formula is C12H15BrN2O2. The SMILES string of the molecule is COC(=O)[C@H]1CC[C@@H](Nc2ccc(Br)cn2)C1. The number of aromatic nitrogens is 1. The fourth-order valence-electron chi connectivity index (χ4n) is 2.16. The Morgan fingerprint density at radius 3 is 3.00 bits per heavy atom. The van der Waals surface area contributed by atoms with E-state index >= 15 is 0 Å². The number of methoxy groups -OCH3 is 1. The van der Waals surface area contributed by atoms with Crippen LogP contribution in [0.2, 0.25) is 0 Å². The Kier molecular flexibility index (Phi) is 3.99. The first-order valence-electron chi connectivity index (χ1n) is 5.65. The van der Waals surface area contributed by atoms with Gasteiger partial charge in [-0.1, -0.05) is 0 Å². The van der Waals surface area contributed by atoms with Crippen LogP contribution in [-0.2, 0) is 9.53 Å². The molecule has 1 aliphatic rings. The number of esters is 1. The average molecular weight is 299 g/mol. The summed E-state index contributed by atoms with van der Waals surface area (Å²) in [5.74, 6) is 0.787. The maximum atomic E-state index is 11.4. The minimum atomic E-state index is -0.0990. The van der Waals surface area contributed by atoms with Gasteiger partial charge in [0.1, 0.15) is 5.82 Å². The fraction of sp³-hybridized carbons (Fsp3) is 0.500. The third-order valence-electron chi connectivity index (χ3n) is 3.05. The van der Waals surface area contributed by atoms with Crippen LogP contribution in [0.1, 0.15) is 19.3 Å². The third-order valence-corrected chi connectivity index (χ3v) is 3.52. The maximum Gasteiger partial charge on any atom is 0.308 e. The summed E-state index contributed by atoms with van der Waals surface area (Å²) in [6, 6.07) is 4.19. The summed E-state index contributed by atoms with van der Waals surface area (Å²) in [5, 5.41) is 3.34. The van der Waals surface area contributed by atoms with E-state index in [4.69, 9.17) is 4.74 Å². The summed E-state index contributed by atoms with van der Waals surface area (Å²) in [6.07, 6.45) is 4.46. The van der Waals surface area contributed by atoms with E-state index in [1.165, 1.54) is 7.11 Å². The molecule has 1 saturated carbocycles. The molecule has 0 spiro atoms. The molecule has 0 amide bonds. The lowest BCUT2D eigenvalue weighted by Crippen LogP contribution is -2.19. The van der Waals surface area contributed by atoms with Crippen molar-refractivity contribution in [3.05, 3.63) is 22.8 Å². The number of nitrogens with one attached hydrogen (secondary N) is 1. The molecule has 0 saturated heterocycles. The van der Waals surface area contributed by atoms with Crippen LogP contribution in [0.15, 0.2) is 22.8 Å². The van der Waals surface area contributed by atoms with Crippen molar-refractivity contribution in [2.75, 3.05) is 12.4 Å². The standard InChI is InChI=1S/C12H15BrN2O2/c1-17-12(16)8-2-4-10(6-8)15-11-5-3-9(13)7-14-11/h3,5,7-8,10H,2,4,6H2,1H3,(H,14,15)/t8-,10+/m0/s1. The van der Waals surface area contributed by atoms with Crippen LogP contribution in [0.5, 0.6) is 0 Å². The van der Waals surface area contributed by atoms with Crippen LogP contribution in [0.4, 0.5) is 5.82 Å². The number of hydrogen-bond donors (Lipinski definition) is 1. The summed E-state index contributed by atoms with van der Waals surface area (Å²) in [4.78, 5) is 15.6. The van der Waals surface area contributed by atoms with Crippen molar-refractivity contribution >= 4 is 27.7 Å². The summed E-state index contributed by atoms with van der Waals surface area (Å²) in [7, 11) is 1.44. The number of halogens is 1. The van der Waals surface area contributed by atoms with E-state index in [-0.39, 0.29) is 11.9 Å². The topological polar surface area (TPSA) is 51.2 Å². The Morgan fingerprint density at radius 2 is 2.35 bits per heavy atom. The quantitative estimate of drug-likeness (QED) is 0.872. The van der Waals surface area contributed by atoms with Gasteiger partial charge in [0.2, 0.25) is 0 Å². The number of nitrogens with zero attached hydrogens (tertiary/aromatic N) is 1. The highest BCUT2D eigenvalue weighted by atomic mass is 79.9. The second-order valence-electron chi connectivity index (χ2n) is 4.24. The van der Waals surface area contributed by atoms with Crippen molar-refractivity contribution in [2.24, 2.45) is 5.92 Å². The van der Waals surface area contributed by atoms with Crippen molar-refractivity contribution < 1.29 is 9.53 Å². The van der Waals surface area contributed by atoms with E-state index < -0.39 is 0 Å². The lowest BCUT2D eigenvalue weighted by atomic mass is 10.1. The largest absolute Gasteiger partial charge is 0.469 e. The van der Waals surface area contributed by atoms with Crippen molar-refractivity contribution in [1.29, 1.82) is 0 Å². The number of rotatable bonds is 3. The number of pyridine rings is 1. The number of carbonyl (C=O) groups is 1. The monoisotopic (exact) mass is 298 g/mol. The van der Waals surface area contributed by atoms with E-state index in [2.05, 4.69) is 26.2 Å². The highest BCUT2D eigenvalue weighted by Crippen LogP contribution is 2.28. The second kappa shape index (κ2) is 5.49. The molecule has 2 atom stereocenters. The Hall–Kier alpha value is -1.10. The summed E-state index contributed by atoms with van der Waals surface area (Å²) in [6.45, 7) is 0. The van der Waals surface area contributed by atoms with Gasteiger partial charge < -0.3 is 10.1 Å². The Balaban J connectivity index is 1.89. The van der Waals surface area contributed by atoms with Crippen LogP contribution in [0, 0.1) is 5.92 Å². The second-order valence-corrected chi connectivity index (χ2v) is 5.15. The molecule has 1 fully saturated rings. The van der Waals surface area contributed by atoms with Gasteiger partial charge in [0.25, 0.3) is 0 Å². The molecule has 1 aromatic heterocycles. The lowest BCUT2D eigenvalue weighted by molar-refractivity contribution is -0.145. The van der Waals surface area contributed by atoms with E-state index in [1.54, 1.807) is 6.20 Å². The predicted molar refractivity (Wildman–Crippen MR) is 68.7 cm³/mol. The number of ether oxygens (including phenoxy) is 1. The molecule has 0 bridgehead atoms. The van der Waals surface area contributed by atoms with Crippen LogP contribution in [0.3, 0.4) is 0 Å². The smallest absolute Gasteiger partial charge is 0.308 e. The molecule has 1 N–H and O–H groups in total. The zero-order chi connectivity index (χ0) is 12.3. The molecule has 4 nitrogen and oxygen atoms in total. The van der Waals surface area contributed by atoms with Gasteiger partial charge in [-0.25, -0.2) is 4.98 Å². The first-order chi connectivity index (χ1) is 8.19. The zero-order valence-electron chi connectivity index (χ0n) is 9.65. The number of carbonyl (C=O) groups excluding carboxylic acids is 1. The molecule has 1 heterocycles. The highest BCUT2D eigenvalue weighted by molar-refractivity contribution is 9.10. The molecule has 1 aliphatic carbocycles. The third kappa shape index (κ3) is 3.19. The molecule has 0 radical (unpaired) electrons. The van der Waals surface area contributed by atoms with Gasteiger partial charge in [-0.2, -0.15) is 0 Å². The first-order valence-corrected chi connectivity index (χ1v) is 6.44. The van der Waals surface area contributed by atoms with E-state index in [0.717, 1.165) is 29.6 Å². The van der Waals surface area contributed by atoms with Crippen molar-refractivity contribution in [3.63, 3.8) is 0 Å². The van der Waals surface area contributed by atoms with Crippen molar-refractivity contribution in [2.45, 2.75) is 25.3 Å². The minimum absolute atomic E-state index is 0.0351. The first kappa shape index (κ1) is 12.4. The molecule has 92 valence electrons. The molecule has 0 aliphatic heterocycles. The van der Waals surface area contributed by atoms with Gasteiger partial charge in [-0.15, -0.1) is 0 Å². The van der Waals surface area contributed by atoms with Crippen LogP contribution < -0.4 is 5.32 Å². The molecule has 1 aromatic rings. The van der Waals surface area contributed by atoms with E-state index in [0.29, 0.717) is 6.04 Å². The van der Waals surface area contributed by atoms with Gasteiger partial charge >= 0.3 is 5.97 Å². The average Bonchev–Trinajstić information content (AvgIpc) is 2.80. The van der Waals surface area contributed by atoms with Gasteiger partial charge in [-0.05, 0) is 47.3 Å². The summed E-state index contributed by atoms with van der Waals surface area (Å²) >= 11 is 3.34. The molecule has 2 rings (SSSR count). The summed E-state index contributed by atoms with van der Waals surface area (Å²) in [5.41, 5.74) is 0. The molecular weight excluding hydrogens is 284 g/mol. The maximum absolute atomic E-state index is 11.4.